The number of nitrogens with one attached hydrogen (secondary N) is 1. The van der Waals surface area contributed by atoms with Crippen molar-refractivity contribution in [1.29, 1.82) is 0 Å². The monoisotopic (exact) mass is 221 g/mol. The molecule has 2 heteroatoms. The normalized spacial score (nSPS) is 12.2. The van der Waals surface area contributed by atoms with Crippen LogP contribution in [-0.2, 0) is 0 Å². The lowest BCUT2D eigenvalue weighted by Crippen LogP contribution is -2.14. The third kappa shape index (κ3) is 4.56. The number of benzene rings is 1. The van der Waals surface area contributed by atoms with Crippen LogP contribution in [0.1, 0.15) is 40.0 Å². The maximum absolute atomic E-state index is 5.53. The van der Waals surface area contributed by atoms with Gasteiger partial charge in [0.05, 0.1) is 6.61 Å². The molecule has 0 aromatic heterocycles. The summed E-state index contributed by atoms with van der Waals surface area (Å²) in [4.78, 5) is 0. The Morgan fingerprint density at radius 1 is 1.12 bits per heavy atom. The number of ether oxygens (including phenoxy) is 1. The van der Waals surface area contributed by atoms with E-state index in [1.807, 2.05) is 12.1 Å². The van der Waals surface area contributed by atoms with E-state index in [1.54, 1.807) is 0 Å². The Labute approximate surface area is 99.0 Å². The maximum Gasteiger partial charge on any atom is 0.119 e. The molecule has 0 saturated heterocycles. The first-order valence-electron chi connectivity index (χ1n) is 6.25. The first kappa shape index (κ1) is 12.9. The zero-order valence-corrected chi connectivity index (χ0v) is 10.6. The van der Waals surface area contributed by atoms with E-state index < -0.39 is 0 Å². The summed E-state index contributed by atoms with van der Waals surface area (Å²) >= 11 is 0. The summed E-state index contributed by atoms with van der Waals surface area (Å²) in [6.45, 7) is 7.33. The summed E-state index contributed by atoms with van der Waals surface area (Å²) in [6.07, 6.45) is 3.47. The fourth-order valence-corrected chi connectivity index (χ4v) is 1.66. The zero-order chi connectivity index (χ0) is 11.8. The van der Waals surface area contributed by atoms with E-state index in [0.29, 0.717) is 6.04 Å². The van der Waals surface area contributed by atoms with Crippen LogP contribution < -0.4 is 10.1 Å². The minimum atomic E-state index is 0.535. The second-order valence-corrected chi connectivity index (χ2v) is 4.21. The molecule has 1 aromatic carbocycles. The average molecular weight is 221 g/mol. The minimum absolute atomic E-state index is 0.535. The van der Waals surface area contributed by atoms with Crippen molar-refractivity contribution in [1.82, 2.24) is 0 Å². The molecule has 0 amide bonds. The lowest BCUT2D eigenvalue weighted by Gasteiger charge is -2.14. The molecule has 90 valence electrons. The Bertz CT molecular complexity index is 281. The van der Waals surface area contributed by atoms with E-state index in [-0.39, 0.29) is 0 Å². The van der Waals surface area contributed by atoms with Crippen LogP contribution in [-0.4, -0.2) is 12.6 Å². The van der Waals surface area contributed by atoms with Gasteiger partial charge in [0.25, 0.3) is 0 Å². The van der Waals surface area contributed by atoms with Crippen LogP contribution in [0, 0.1) is 0 Å². The van der Waals surface area contributed by atoms with Crippen LogP contribution in [0.25, 0.3) is 0 Å². The van der Waals surface area contributed by atoms with Gasteiger partial charge in [-0.15, -0.1) is 0 Å². The standard InChI is InChI=1S/C14H23NO/c1-4-6-12(3)15-13-7-9-14(10-8-13)16-11-5-2/h7-10,12,15H,4-6,11H2,1-3H3. The Balaban J connectivity index is 2.44. The molecule has 0 bridgehead atoms. The van der Waals surface area contributed by atoms with Crippen LogP contribution in [0.3, 0.4) is 0 Å². The van der Waals surface area contributed by atoms with Crippen molar-refractivity contribution in [2.45, 2.75) is 46.1 Å². The molecule has 2 nitrogen and oxygen atoms in total. The molecule has 0 spiro atoms. The van der Waals surface area contributed by atoms with Gasteiger partial charge in [-0.1, -0.05) is 20.3 Å². The summed E-state index contributed by atoms with van der Waals surface area (Å²) < 4.78 is 5.53. The van der Waals surface area contributed by atoms with Gasteiger partial charge in [0, 0.05) is 11.7 Å². The summed E-state index contributed by atoms with van der Waals surface area (Å²) in [5.74, 6) is 0.954. The maximum atomic E-state index is 5.53. The summed E-state index contributed by atoms with van der Waals surface area (Å²) in [7, 11) is 0. The average Bonchev–Trinajstić information content (AvgIpc) is 2.28. The van der Waals surface area contributed by atoms with Crippen LogP contribution in [0.5, 0.6) is 5.75 Å². The Morgan fingerprint density at radius 3 is 2.38 bits per heavy atom. The van der Waals surface area contributed by atoms with Crippen molar-refractivity contribution in [3.8, 4) is 5.75 Å². The number of hydrogen-bond donors (Lipinski definition) is 1. The Hall–Kier alpha value is -1.18. The summed E-state index contributed by atoms with van der Waals surface area (Å²) in [5, 5.41) is 3.47. The lowest BCUT2D eigenvalue weighted by atomic mass is 10.2. The number of rotatable bonds is 7. The molecule has 1 N–H and O–H groups in total. The van der Waals surface area contributed by atoms with Gasteiger partial charge in [-0.25, -0.2) is 0 Å². The van der Waals surface area contributed by atoms with Crippen molar-refractivity contribution < 1.29 is 4.74 Å². The van der Waals surface area contributed by atoms with Crippen molar-refractivity contribution in [2.75, 3.05) is 11.9 Å². The largest absolute Gasteiger partial charge is 0.494 e. The van der Waals surface area contributed by atoms with Crippen LogP contribution in [0.2, 0.25) is 0 Å². The van der Waals surface area contributed by atoms with Crippen LogP contribution in [0.4, 0.5) is 5.69 Å². The molecule has 1 unspecified atom stereocenters. The fraction of sp³-hybridized carbons (Fsp3) is 0.571. The lowest BCUT2D eigenvalue weighted by molar-refractivity contribution is 0.317. The van der Waals surface area contributed by atoms with Gasteiger partial charge in [-0.05, 0) is 44.0 Å². The van der Waals surface area contributed by atoms with E-state index >= 15 is 0 Å². The van der Waals surface area contributed by atoms with Gasteiger partial charge < -0.3 is 10.1 Å². The molecule has 0 radical (unpaired) electrons. The van der Waals surface area contributed by atoms with Crippen LogP contribution >= 0.6 is 0 Å². The highest BCUT2D eigenvalue weighted by atomic mass is 16.5. The topological polar surface area (TPSA) is 21.3 Å². The van der Waals surface area contributed by atoms with Gasteiger partial charge in [-0.3, -0.25) is 0 Å². The van der Waals surface area contributed by atoms with Crippen molar-refractivity contribution in [3.05, 3.63) is 24.3 Å². The minimum Gasteiger partial charge on any atom is -0.494 e. The highest BCUT2D eigenvalue weighted by molar-refractivity contribution is 5.46. The van der Waals surface area contributed by atoms with E-state index in [9.17, 15) is 0 Å². The van der Waals surface area contributed by atoms with E-state index in [4.69, 9.17) is 4.74 Å². The van der Waals surface area contributed by atoms with Crippen molar-refractivity contribution >= 4 is 5.69 Å². The quantitative estimate of drug-likeness (QED) is 0.749. The molecule has 1 atom stereocenters. The second-order valence-electron chi connectivity index (χ2n) is 4.21. The van der Waals surface area contributed by atoms with Crippen LogP contribution in [0.15, 0.2) is 24.3 Å². The molecule has 0 aliphatic heterocycles. The van der Waals surface area contributed by atoms with E-state index in [2.05, 4.69) is 38.2 Å². The van der Waals surface area contributed by atoms with E-state index in [1.165, 1.54) is 18.5 Å². The zero-order valence-electron chi connectivity index (χ0n) is 10.6. The molecule has 0 aliphatic carbocycles. The SMILES string of the molecule is CCCOc1ccc(NC(C)CCC)cc1. The molecule has 1 aromatic rings. The first-order chi connectivity index (χ1) is 7.76. The first-order valence-corrected chi connectivity index (χ1v) is 6.25. The second kappa shape index (κ2) is 7.15. The Morgan fingerprint density at radius 2 is 1.81 bits per heavy atom. The third-order valence-electron chi connectivity index (χ3n) is 2.46. The number of hydrogen-bond acceptors (Lipinski definition) is 2. The molecule has 1 rings (SSSR count). The van der Waals surface area contributed by atoms with Gasteiger partial charge >= 0.3 is 0 Å². The predicted molar refractivity (Wildman–Crippen MR) is 70.2 cm³/mol. The molecular formula is C14H23NO. The van der Waals surface area contributed by atoms with Gasteiger partial charge in [-0.2, -0.15) is 0 Å². The van der Waals surface area contributed by atoms with Gasteiger partial charge in [0.1, 0.15) is 5.75 Å². The molecule has 0 heterocycles. The highest BCUT2D eigenvalue weighted by Crippen LogP contribution is 2.17. The van der Waals surface area contributed by atoms with Crippen molar-refractivity contribution in [3.63, 3.8) is 0 Å². The predicted octanol–water partition coefficient (Wildman–Crippen LogP) is 4.08. The number of anilines is 1. The molecular weight excluding hydrogens is 198 g/mol. The molecule has 0 aliphatic rings. The Kier molecular flexibility index (Phi) is 5.76. The van der Waals surface area contributed by atoms with Crippen molar-refractivity contribution in [2.24, 2.45) is 0 Å². The summed E-state index contributed by atoms with van der Waals surface area (Å²) in [6, 6.07) is 8.74. The highest BCUT2D eigenvalue weighted by Gasteiger charge is 2.00. The molecule has 0 saturated carbocycles. The van der Waals surface area contributed by atoms with Gasteiger partial charge in [0.2, 0.25) is 0 Å². The third-order valence-corrected chi connectivity index (χ3v) is 2.46. The fourth-order valence-electron chi connectivity index (χ4n) is 1.66. The van der Waals surface area contributed by atoms with E-state index in [0.717, 1.165) is 18.8 Å². The summed E-state index contributed by atoms with van der Waals surface area (Å²) in [5.41, 5.74) is 1.17. The molecule has 16 heavy (non-hydrogen) atoms. The smallest absolute Gasteiger partial charge is 0.119 e. The van der Waals surface area contributed by atoms with Gasteiger partial charge in [0.15, 0.2) is 0 Å². The molecule has 0 fully saturated rings.